The number of nitrogens with zero attached hydrogens (tertiary/aromatic N) is 2. The van der Waals surface area contributed by atoms with Gasteiger partial charge in [0.25, 0.3) is 5.91 Å². The van der Waals surface area contributed by atoms with Gasteiger partial charge in [-0.2, -0.15) is 0 Å². The van der Waals surface area contributed by atoms with Crippen LogP contribution in [0.5, 0.6) is 5.75 Å². The number of benzene rings is 1. The average molecular weight is 584 g/mol. The highest BCUT2D eigenvalue weighted by atomic mass is 16.6. The highest BCUT2D eigenvalue weighted by Crippen LogP contribution is 2.53. The van der Waals surface area contributed by atoms with Gasteiger partial charge in [0.1, 0.15) is 23.4 Å². The Kier molecular flexibility index (Phi) is 8.49. The molecule has 42 heavy (non-hydrogen) atoms. The maximum absolute atomic E-state index is 14.5. The molecule has 5 atom stereocenters. The number of hydrogen-bond donors (Lipinski definition) is 2. The van der Waals surface area contributed by atoms with E-state index in [-0.39, 0.29) is 22.7 Å². The summed E-state index contributed by atoms with van der Waals surface area (Å²) >= 11 is 0. The van der Waals surface area contributed by atoms with Crippen LogP contribution in [0.3, 0.4) is 0 Å². The van der Waals surface area contributed by atoms with Crippen LogP contribution in [-0.4, -0.2) is 87.0 Å². The number of Topliss-reactive ketones (excluding diaryl/α,β-unsaturated/α-hetero) is 1. The van der Waals surface area contributed by atoms with Crippen LogP contribution in [-0.2, 0) is 39.9 Å². The van der Waals surface area contributed by atoms with Gasteiger partial charge in [-0.3, -0.25) is 34.2 Å². The molecule has 2 N–H and O–H groups in total. The number of amides is 2. The molecule has 0 saturated heterocycles. The minimum Gasteiger partial charge on any atom is -0.507 e. The quantitative estimate of drug-likeness (QED) is 0.471. The number of carbonyl (C=O) groups is 5. The second kappa shape index (κ2) is 11.6. The van der Waals surface area contributed by atoms with Gasteiger partial charge in [-0.1, -0.05) is 0 Å². The molecule has 1 aromatic rings. The summed E-state index contributed by atoms with van der Waals surface area (Å²) in [7, 11) is 8.69. The smallest absolute Gasteiger partial charge is 0.307 e. The number of allylic oxidation sites excluding steroid dienone is 1. The lowest BCUT2D eigenvalue weighted by atomic mass is 9.59. The predicted molar refractivity (Wildman–Crippen MR) is 151 cm³/mol. The van der Waals surface area contributed by atoms with E-state index in [0.717, 1.165) is 25.1 Å². The lowest BCUT2D eigenvalue weighted by Crippen LogP contribution is -2.58. The first-order chi connectivity index (χ1) is 19.7. The lowest BCUT2D eigenvalue weighted by molar-refractivity contribution is -0.154. The van der Waals surface area contributed by atoms with E-state index in [1.54, 1.807) is 25.1 Å². The highest BCUT2D eigenvalue weighted by molar-refractivity contribution is 6.10. The van der Waals surface area contributed by atoms with Gasteiger partial charge in [0.2, 0.25) is 5.91 Å². The van der Waals surface area contributed by atoms with Crippen molar-refractivity contribution in [1.82, 2.24) is 10.2 Å². The van der Waals surface area contributed by atoms with Crippen molar-refractivity contribution in [3.8, 4) is 5.75 Å². The molecule has 0 aromatic heterocycles. The van der Waals surface area contributed by atoms with E-state index in [0.29, 0.717) is 24.2 Å². The van der Waals surface area contributed by atoms with Crippen molar-refractivity contribution in [2.75, 3.05) is 40.2 Å². The van der Waals surface area contributed by atoms with Crippen molar-refractivity contribution in [1.29, 1.82) is 0 Å². The van der Waals surface area contributed by atoms with E-state index in [2.05, 4.69) is 5.32 Å². The fourth-order valence-corrected chi connectivity index (χ4v) is 6.74. The summed E-state index contributed by atoms with van der Waals surface area (Å²) in [6.45, 7) is 3.44. The topological polar surface area (TPSA) is 152 Å². The Balaban J connectivity index is 2.00. The summed E-state index contributed by atoms with van der Waals surface area (Å²) in [4.78, 5) is 68.2. The number of anilines is 1. The predicted octanol–water partition coefficient (Wildman–Crippen LogP) is 1.76. The maximum atomic E-state index is 14.5. The van der Waals surface area contributed by atoms with E-state index in [4.69, 9.17) is 14.2 Å². The Morgan fingerprint density at radius 3 is 2.21 bits per heavy atom. The first-order valence-corrected chi connectivity index (χ1v) is 13.6. The first kappa shape index (κ1) is 30.8. The van der Waals surface area contributed by atoms with Crippen LogP contribution in [0.2, 0.25) is 0 Å². The van der Waals surface area contributed by atoms with Crippen molar-refractivity contribution < 1.29 is 43.3 Å². The Bertz CT molecular complexity index is 1420. The zero-order chi connectivity index (χ0) is 31.2. The number of methoxy groups -OCH3 is 1. The monoisotopic (exact) mass is 583 g/mol. The number of aliphatic hydroxyl groups is 1. The molecule has 0 heterocycles. The van der Waals surface area contributed by atoms with Crippen LogP contribution >= 0.6 is 0 Å². The number of fused-ring (bicyclic) bond motifs is 3. The molecule has 3 aliphatic rings. The van der Waals surface area contributed by atoms with Gasteiger partial charge in [-0.15, -0.1) is 0 Å². The molecular formula is C30H37N3O9. The summed E-state index contributed by atoms with van der Waals surface area (Å²) in [6, 6.07) is 2.85. The maximum Gasteiger partial charge on any atom is 0.307 e. The van der Waals surface area contributed by atoms with Crippen LogP contribution in [0.15, 0.2) is 29.0 Å². The molecule has 4 rings (SSSR count). The summed E-state index contributed by atoms with van der Waals surface area (Å²) in [6.07, 6.45) is -0.730. The van der Waals surface area contributed by atoms with Gasteiger partial charge >= 0.3 is 11.9 Å². The van der Waals surface area contributed by atoms with Crippen molar-refractivity contribution in [3.63, 3.8) is 0 Å². The second-order valence-electron chi connectivity index (χ2n) is 11.3. The van der Waals surface area contributed by atoms with E-state index < -0.39 is 59.4 Å². The van der Waals surface area contributed by atoms with Crippen LogP contribution in [0.1, 0.15) is 38.3 Å². The fraction of sp³-hybridized carbons (Fsp3) is 0.500. The summed E-state index contributed by atoms with van der Waals surface area (Å²) < 4.78 is 16.8. The molecule has 0 radical (unpaired) electrons. The van der Waals surface area contributed by atoms with Crippen molar-refractivity contribution >= 4 is 41.0 Å². The van der Waals surface area contributed by atoms with E-state index in [1.165, 1.54) is 14.0 Å². The van der Waals surface area contributed by atoms with Crippen molar-refractivity contribution in [3.05, 3.63) is 40.2 Å². The van der Waals surface area contributed by atoms with Gasteiger partial charge in [-0.25, -0.2) is 0 Å². The van der Waals surface area contributed by atoms with E-state index in [9.17, 15) is 29.1 Å². The SMILES string of the molecule is COc1ccc(N(C)C)c2c1C(O)=C1C(=O)C3C(OC(C)=O)C(C(=O)NC(C)=O)=C(OC(C)=O)C(N(C)C)C3CC1C2. The highest BCUT2D eigenvalue weighted by Gasteiger charge is 2.58. The van der Waals surface area contributed by atoms with E-state index >= 15 is 0 Å². The van der Waals surface area contributed by atoms with Gasteiger partial charge in [-0.05, 0) is 56.5 Å². The van der Waals surface area contributed by atoms with Crippen LogP contribution in [0.25, 0.3) is 5.76 Å². The van der Waals surface area contributed by atoms with Crippen molar-refractivity contribution in [2.24, 2.45) is 17.8 Å². The summed E-state index contributed by atoms with van der Waals surface area (Å²) in [5.41, 5.74) is 1.96. The third-order valence-electron chi connectivity index (χ3n) is 8.08. The Labute approximate surface area is 244 Å². The fourth-order valence-electron chi connectivity index (χ4n) is 6.74. The Hall–Kier alpha value is -4.19. The number of carbonyl (C=O) groups excluding carboxylic acids is 5. The van der Waals surface area contributed by atoms with E-state index in [1.807, 2.05) is 25.1 Å². The molecule has 1 aromatic carbocycles. The number of hydrogen-bond acceptors (Lipinski definition) is 11. The summed E-state index contributed by atoms with van der Waals surface area (Å²) in [5, 5.41) is 13.8. The Morgan fingerprint density at radius 1 is 1.02 bits per heavy atom. The third-order valence-corrected chi connectivity index (χ3v) is 8.08. The lowest BCUT2D eigenvalue weighted by Gasteiger charge is -2.50. The zero-order valence-electron chi connectivity index (χ0n) is 25.1. The minimum absolute atomic E-state index is 0.0879. The molecule has 5 unspecified atom stereocenters. The number of ketones is 1. The Morgan fingerprint density at radius 2 is 1.69 bits per heavy atom. The molecule has 0 aliphatic heterocycles. The van der Waals surface area contributed by atoms with Crippen LogP contribution in [0, 0.1) is 17.8 Å². The van der Waals surface area contributed by atoms with Gasteiger partial charge < -0.3 is 24.2 Å². The number of rotatable bonds is 6. The molecule has 12 nitrogen and oxygen atoms in total. The number of aliphatic hydroxyl groups excluding tert-OH is 1. The minimum atomic E-state index is -1.48. The summed E-state index contributed by atoms with van der Waals surface area (Å²) in [5.74, 6) is -5.68. The van der Waals surface area contributed by atoms with Crippen LogP contribution in [0.4, 0.5) is 5.69 Å². The normalized spacial score (nSPS) is 24.8. The number of likely N-dealkylation sites (N-methyl/N-ethyl adjacent to an activating group) is 1. The van der Waals surface area contributed by atoms with Gasteiger partial charge in [0, 0.05) is 46.1 Å². The standard InChI is InChI=1S/C30H37N3O9/c1-13(34)31-30(39)24-28(41-14(2)35)23-18(25(33(6)7)29(24)42-15(3)36)12-16-11-17-19(32(4)5)9-10-20(40-8)22(17)26(37)21(16)27(23)38/h9-10,16,18,23,25,28,37H,11-12H2,1-8H3,(H,31,34,39). The third kappa shape index (κ3) is 5.26. The largest absolute Gasteiger partial charge is 0.507 e. The second-order valence-corrected chi connectivity index (χ2v) is 11.3. The van der Waals surface area contributed by atoms with Gasteiger partial charge in [0.05, 0.1) is 30.2 Å². The first-order valence-electron chi connectivity index (χ1n) is 13.6. The molecular weight excluding hydrogens is 546 g/mol. The molecule has 1 fully saturated rings. The molecule has 2 amide bonds. The molecule has 226 valence electrons. The number of imide groups is 1. The zero-order valence-corrected chi connectivity index (χ0v) is 25.1. The number of esters is 2. The molecule has 0 spiro atoms. The van der Waals surface area contributed by atoms with Crippen molar-refractivity contribution in [2.45, 2.75) is 45.8 Å². The molecule has 3 aliphatic carbocycles. The van der Waals surface area contributed by atoms with Crippen LogP contribution < -0.4 is 15.0 Å². The number of ether oxygens (including phenoxy) is 3. The van der Waals surface area contributed by atoms with Gasteiger partial charge in [0.15, 0.2) is 5.78 Å². The number of nitrogens with one attached hydrogen (secondary N) is 1. The molecule has 12 heteroatoms. The molecule has 0 bridgehead atoms. The molecule has 1 saturated carbocycles. The average Bonchev–Trinajstić information content (AvgIpc) is 2.86.